The third kappa shape index (κ3) is 5.53. The van der Waals surface area contributed by atoms with Gasteiger partial charge in [-0.1, -0.05) is 25.1 Å². The van der Waals surface area contributed by atoms with Crippen molar-refractivity contribution in [3.05, 3.63) is 46.4 Å². The molecule has 1 atom stereocenters. The summed E-state index contributed by atoms with van der Waals surface area (Å²) < 4.78 is 5.59. The van der Waals surface area contributed by atoms with Gasteiger partial charge in [-0.05, 0) is 25.0 Å². The molecule has 1 saturated heterocycles. The lowest BCUT2D eigenvalue weighted by Crippen LogP contribution is -2.41. The average molecular weight is 388 g/mol. The van der Waals surface area contributed by atoms with Crippen LogP contribution < -0.4 is 10.1 Å². The maximum Gasteiger partial charge on any atom is 0.260 e. The third-order valence-corrected chi connectivity index (χ3v) is 5.64. The van der Waals surface area contributed by atoms with Crippen LogP contribution in [-0.2, 0) is 16.1 Å². The molecule has 0 unspecified atom stereocenters. The summed E-state index contributed by atoms with van der Waals surface area (Å²) >= 11 is 1.61. The number of benzene rings is 1. The number of carbonyl (C=O) groups is 2. The first-order valence-electron chi connectivity index (χ1n) is 9.32. The molecule has 2 heterocycles. The van der Waals surface area contributed by atoms with Crippen LogP contribution in [0.3, 0.4) is 0 Å². The average Bonchev–Trinajstić information content (AvgIpc) is 3.20. The molecule has 0 radical (unpaired) electrons. The number of piperidine rings is 1. The van der Waals surface area contributed by atoms with Gasteiger partial charge in [-0.2, -0.15) is 0 Å². The highest BCUT2D eigenvalue weighted by atomic mass is 32.1. The number of thiazole rings is 1. The highest BCUT2D eigenvalue weighted by Crippen LogP contribution is 2.29. The van der Waals surface area contributed by atoms with Crippen molar-refractivity contribution in [3.8, 4) is 5.75 Å². The molecule has 2 aromatic rings. The molecule has 1 aliphatic heterocycles. The van der Waals surface area contributed by atoms with Gasteiger partial charge in [0.25, 0.3) is 5.91 Å². The molecule has 1 fully saturated rings. The lowest BCUT2D eigenvalue weighted by atomic mass is 9.98. The van der Waals surface area contributed by atoms with Crippen LogP contribution in [0, 0.1) is 0 Å². The van der Waals surface area contributed by atoms with Crippen LogP contribution in [0.1, 0.15) is 42.8 Å². The van der Waals surface area contributed by atoms with E-state index in [1.54, 1.807) is 11.3 Å². The molecular formula is C20H25N3O3S. The number of amides is 2. The summed E-state index contributed by atoms with van der Waals surface area (Å²) in [6, 6.07) is 9.39. The Morgan fingerprint density at radius 1 is 1.33 bits per heavy atom. The maximum absolute atomic E-state index is 12.5. The Morgan fingerprint density at radius 3 is 2.93 bits per heavy atom. The largest absolute Gasteiger partial charge is 0.484 e. The molecule has 144 valence electrons. The Kier molecular flexibility index (Phi) is 6.81. The van der Waals surface area contributed by atoms with Crippen molar-refractivity contribution < 1.29 is 14.3 Å². The van der Waals surface area contributed by atoms with E-state index in [0.717, 1.165) is 30.1 Å². The second-order valence-corrected chi connectivity index (χ2v) is 7.48. The number of nitrogens with zero attached hydrogens (tertiary/aromatic N) is 2. The fourth-order valence-corrected chi connectivity index (χ4v) is 4.01. The van der Waals surface area contributed by atoms with Gasteiger partial charge in [0.15, 0.2) is 6.61 Å². The van der Waals surface area contributed by atoms with E-state index in [4.69, 9.17) is 4.74 Å². The quantitative estimate of drug-likeness (QED) is 0.793. The Balaban J connectivity index is 1.52. The second-order valence-electron chi connectivity index (χ2n) is 6.59. The van der Waals surface area contributed by atoms with Crippen LogP contribution in [0.5, 0.6) is 5.75 Å². The fraction of sp³-hybridized carbons (Fsp3) is 0.450. The summed E-state index contributed by atoms with van der Waals surface area (Å²) in [5.41, 5.74) is 0.882. The first-order valence-corrected chi connectivity index (χ1v) is 10.2. The summed E-state index contributed by atoms with van der Waals surface area (Å²) in [5.74, 6) is 0.992. The van der Waals surface area contributed by atoms with Crippen molar-refractivity contribution in [2.24, 2.45) is 0 Å². The number of aromatic nitrogens is 1. The van der Waals surface area contributed by atoms with Crippen LogP contribution in [0.2, 0.25) is 0 Å². The lowest BCUT2D eigenvalue weighted by Gasteiger charge is -2.31. The SMILES string of the molecule is CCC(=O)NCc1csc([C@H]2CCCN(C(=O)COc3ccccc3)C2)n1. The number of likely N-dealkylation sites (tertiary alicyclic amines) is 1. The summed E-state index contributed by atoms with van der Waals surface area (Å²) in [6.07, 6.45) is 2.46. The van der Waals surface area contributed by atoms with Crippen molar-refractivity contribution in [3.63, 3.8) is 0 Å². The predicted octanol–water partition coefficient (Wildman–Crippen LogP) is 2.95. The van der Waals surface area contributed by atoms with Crippen molar-refractivity contribution in [2.45, 2.75) is 38.6 Å². The number of para-hydroxylation sites is 1. The molecule has 0 aliphatic carbocycles. The summed E-state index contributed by atoms with van der Waals surface area (Å²) in [4.78, 5) is 30.4. The molecule has 27 heavy (non-hydrogen) atoms. The van der Waals surface area contributed by atoms with Gasteiger partial charge in [0.1, 0.15) is 5.75 Å². The minimum absolute atomic E-state index is 0.00976. The van der Waals surface area contributed by atoms with E-state index < -0.39 is 0 Å². The number of hydrogen-bond donors (Lipinski definition) is 1. The number of nitrogens with one attached hydrogen (secondary N) is 1. The standard InChI is InChI=1S/C20H25N3O3S/c1-2-18(24)21-11-16-14-27-20(22-16)15-7-6-10-23(12-15)19(25)13-26-17-8-4-3-5-9-17/h3-5,8-9,14-15H,2,6-7,10-13H2,1H3,(H,21,24)/t15-/m0/s1. The van der Waals surface area contributed by atoms with Gasteiger partial charge in [-0.25, -0.2) is 4.98 Å². The van der Waals surface area contributed by atoms with E-state index in [9.17, 15) is 9.59 Å². The van der Waals surface area contributed by atoms with E-state index in [2.05, 4.69) is 10.3 Å². The number of hydrogen-bond acceptors (Lipinski definition) is 5. The van der Waals surface area contributed by atoms with Gasteiger partial charge in [0.05, 0.1) is 17.2 Å². The van der Waals surface area contributed by atoms with E-state index in [1.807, 2.05) is 47.5 Å². The van der Waals surface area contributed by atoms with Gasteiger partial charge >= 0.3 is 0 Å². The van der Waals surface area contributed by atoms with E-state index in [-0.39, 0.29) is 24.3 Å². The Bertz CT molecular complexity index is 763. The molecule has 1 aliphatic rings. The molecule has 3 rings (SSSR count). The predicted molar refractivity (Wildman–Crippen MR) is 105 cm³/mol. The molecule has 7 heteroatoms. The minimum atomic E-state index is 0.00976. The first kappa shape index (κ1) is 19.4. The molecule has 0 saturated carbocycles. The maximum atomic E-state index is 12.5. The summed E-state index contributed by atoms with van der Waals surface area (Å²) in [6.45, 7) is 3.78. The number of carbonyl (C=O) groups excluding carboxylic acids is 2. The Labute approximate surface area is 163 Å². The van der Waals surface area contributed by atoms with Gasteiger partial charge in [0.2, 0.25) is 5.91 Å². The zero-order valence-electron chi connectivity index (χ0n) is 15.5. The fourth-order valence-electron chi connectivity index (χ4n) is 3.06. The highest BCUT2D eigenvalue weighted by Gasteiger charge is 2.27. The van der Waals surface area contributed by atoms with Crippen molar-refractivity contribution in [2.75, 3.05) is 19.7 Å². The molecule has 2 amide bonds. The highest BCUT2D eigenvalue weighted by molar-refractivity contribution is 7.09. The van der Waals surface area contributed by atoms with E-state index in [0.29, 0.717) is 25.3 Å². The van der Waals surface area contributed by atoms with Crippen LogP contribution >= 0.6 is 11.3 Å². The number of rotatable bonds is 7. The molecule has 0 bridgehead atoms. The molecule has 1 N–H and O–H groups in total. The van der Waals surface area contributed by atoms with Crippen molar-refractivity contribution >= 4 is 23.2 Å². The first-order chi connectivity index (χ1) is 13.2. The Hall–Kier alpha value is -2.41. The molecule has 1 aromatic carbocycles. The minimum Gasteiger partial charge on any atom is -0.484 e. The third-order valence-electron chi connectivity index (χ3n) is 4.59. The van der Waals surface area contributed by atoms with Gasteiger partial charge < -0.3 is 15.0 Å². The second kappa shape index (κ2) is 9.50. The normalized spacial score (nSPS) is 16.8. The van der Waals surface area contributed by atoms with Gasteiger partial charge in [0, 0.05) is 30.8 Å². The Morgan fingerprint density at radius 2 is 2.15 bits per heavy atom. The van der Waals surface area contributed by atoms with E-state index in [1.165, 1.54) is 0 Å². The summed E-state index contributed by atoms with van der Waals surface area (Å²) in [5, 5.41) is 5.88. The van der Waals surface area contributed by atoms with Crippen LogP contribution in [0.25, 0.3) is 0 Å². The lowest BCUT2D eigenvalue weighted by molar-refractivity contribution is -0.134. The zero-order valence-corrected chi connectivity index (χ0v) is 16.3. The van der Waals surface area contributed by atoms with Crippen LogP contribution in [0.4, 0.5) is 0 Å². The smallest absolute Gasteiger partial charge is 0.260 e. The summed E-state index contributed by atoms with van der Waals surface area (Å²) in [7, 11) is 0. The van der Waals surface area contributed by atoms with Crippen molar-refractivity contribution in [1.29, 1.82) is 0 Å². The molecule has 0 spiro atoms. The van der Waals surface area contributed by atoms with Crippen molar-refractivity contribution in [1.82, 2.24) is 15.2 Å². The zero-order chi connectivity index (χ0) is 19.1. The monoisotopic (exact) mass is 387 g/mol. The van der Waals surface area contributed by atoms with Gasteiger partial charge in [-0.15, -0.1) is 11.3 Å². The number of ether oxygens (including phenoxy) is 1. The topological polar surface area (TPSA) is 71.5 Å². The van der Waals surface area contributed by atoms with Crippen LogP contribution in [-0.4, -0.2) is 41.4 Å². The van der Waals surface area contributed by atoms with Gasteiger partial charge in [-0.3, -0.25) is 9.59 Å². The van der Waals surface area contributed by atoms with E-state index >= 15 is 0 Å². The van der Waals surface area contributed by atoms with Crippen LogP contribution in [0.15, 0.2) is 35.7 Å². The molecule has 1 aromatic heterocycles. The molecular weight excluding hydrogens is 362 g/mol. The molecule has 6 nitrogen and oxygen atoms in total.